The zero-order chi connectivity index (χ0) is 12.5. The summed E-state index contributed by atoms with van der Waals surface area (Å²) in [6, 6.07) is 0. The summed E-state index contributed by atoms with van der Waals surface area (Å²) < 4.78 is 7.96. The highest BCUT2D eigenvalue weighted by Gasteiger charge is 2.25. The molecule has 2 atom stereocenters. The molecular weight excluding hydrogens is 248 g/mol. The van der Waals surface area contributed by atoms with E-state index in [1.165, 1.54) is 19.3 Å². The van der Waals surface area contributed by atoms with E-state index in [9.17, 15) is 5.11 Å². The molecule has 0 spiro atoms. The van der Waals surface area contributed by atoms with Crippen LogP contribution in [0.15, 0.2) is 11.6 Å². The molecule has 5 heteroatoms. The van der Waals surface area contributed by atoms with Crippen LogP contribution in [0, 0.1) is 5.92 Å². The second kappa shape index (κ2) is 4.90. The van der Waals surface area contributed by atoms with Crippen molar-refractivity contribution in [3.05, 3.63) is 17.3 Å². The largest absolute Gasteiger partial charge is 0.473 e. The van der Waals surface area contributed by atoms with Gasteiger partial charge in [-0.25, -0.2) is 0 Å². The normalized spacial score (nSPS) is 24.6. The lowest BCUT2D eigenvalue weighted by Gasteiger charge is -2.28. The number of thiazole rings is 1. The van der Waals surface area contributed by atoms with Gasteiger partial charge in [0.1, 0.15) is 11.8 Å². The summed E-state index contributed by atoms with van der Waals surface area (Å²) in [5.74, 6) is 1.19. The van der Waals surface area contributed by atoms with Crippen LogP contribution < -0.4 is 4.74 Å². The monoisotopic (exact) mass is 266 g/mol. The second-order valence-electron chi connectivity index (χ2n) is 5.00. The van der Waals surface area contributed by atoms with E-state index in [1.54, 1.807) is 11.3 Å². The van der Waals surface area contributed by atoms with Crippen LogP contribution >= 0.6 is 11.3 Å². The minimum Gasteiger partial charge on any atom is -0.473 e. The Bertz CT molecular complexity index is 534. The zero-order valence-corrected chi connectivity index (χ0v) is 11.3. The molecular formula is C13H18N2O2S. The summed E-state index contributed by atoms with van der Waals surface area (Å²) in [5.41, 5.74) is 0.768. The van der Waals surface area contributed by atoms with Gasteiger partial charge in [-0.05, 0) is 25.2 Å². The molecule has 4 nitrogen and oxygen atoms in total. The Morgan fingerprint density at radius 3 is 3.11 bits per heavy atom. The first kappa shape index (κ1) is 12.0. The maximum atomic E-state index is 9.48. The van der Waals surface area contributed by atoms with E-state index in [-0.39, 0.29) is 12.7 Å². The highest BCUT2D eigenvalue weighted by Crippen LogP contribution is 2.30. The van der Waals surface area contributed by atoms with E-state index in [4.69, 9.17) is 4.74 Å². The van der Waals surface area contributed by atoms with Gasteiger partial charge >= 0.3 is 0 Å². The fourth-order valence-electron chi connectivity index (χ4n) is 2.65. The third kappa shape index (κ3) is 2.01. The fourth-order valence-corrected chi connectivity index (χ4v) is 3.38. The predicted octanol–water partition coefficient (Wildman–Crippen LogP) is 2.85. The van der Waals surface area contributed by atoms with Crippen LogP contribution in [0.1, 0.15) is 38.3 Å². The first-order chi connectivity index (χ1) is 8.79. The molecule has 0 amide bonds. The quantitative estimate of drug-likeness (QED) is 0.929. The van der Waals surface area contributed by atoms with Crippen molar-refractivity contribution in [2.24, 2.45) is 5.92 Å². The number of ether oxygens (including phenoxy) is 1. The molecule has 0 saturated heterocycles. The van der Waals surface area contributed by atoms with Gasteiger partial charge in [0, 0.05) is 11.6 Å². The number of nitrogens with zero attached hydrogens (tertiary/aromatic N) is 2. The van der Waals surface area contributed by atoms with E-state index in [1.807, 2.05) is 16.0 Å². The molecule has 0 aliphatic heterocycles. The average molecular weight is 266 g/mol. The smallest absolute Gasteiger partial charge is 0.239 e. The minimum atomic E-state index is -0.0334. The lowest BCUT2D eigenvalue weighted by Crippen LogP contribution is -2.28. The number of hydrogen-bond acceptors (Lipinski definition) is 4. The third-order valence-electron chi connectivity index (χ3n) is 3.77. The minimum absolute atomic E-state index is 0.0334. The summed E-state index contributed by atoms with van der Waals surface area (Å²) in [5, 5.41) is 11.4. The fraction of sp³-hybridized carbons (Fsp3) is 0.615. The van der Waals surface area contributed by atoms with Gasteiger partial charge in [-0.3, -0.25) is 4.40 Å². The van der Waals surface area contributed by atoms with E-state index < -0.39 is 0 Å². The summed E-state index contributed by atoms with van der Waals surface area (Å²) in [6.45, 7) is 2.20. The number of hydrogen-bond donors (Lipinski definition) is 1. The SMILES string of the molecule is CC1CCCCC1Oc1nc2sccn2c1CO. The molecule has 1 fully saturated rings. The molecule has 0 aromatic carbocycles. The predicted molar refractivity (Wildman–Crippen MR) is 71.0 cm³/mol. The van der Waals surface area contributed by atoms with Crippen molar-refractivity contribution < 1.29 is 9.84 Å². The van der Waals surface area contributed by atoms with Crippen molar-refractivity contribution in [2.75, 3.05) is 0 Å². The molecule has 18 heavy (non-hydrogen) atoms. The van der Waals surface area contributed by atoms with E-state index in [0.717, 1.165) is 17.1 Å². The van der Waals surface area contributed by atoms with Gasteiger partial charge in [0.25, 0.3) is 0 Å². The molecule has 98 valence electrons. The summed E-state index contributed by atoms with van der Waals surface area (Å²) in [6.07, 6.45) is 7.01. The van der Waals surface area contributed by atoms with Gasteiger partial charge in [0.2, 0.25) is 5.88 Å². The van der Waals surface area contributed by atoms with E-state index in [2.05, 4.69) is 11.9 Å². The summed E-state index contributed by atoms with van der Waals surface area (Å²) in [4.78, 5) is 5.36. The highest BCUT2D eigenvalue weighted by atomic mass is 32.1. The van der Waals surface area contributed by atoms with Gasteiger partial charge < -0.3 is 9.84 Å². The van der Waals surface area contributed by atoms with Crippen LogP contribution in [0.2, 0.25) is 0 Å². The zero-order valence-electron chi connectivity index (χ0n) is 10.5. The third-order valence-corrected chi connectivity index (χ3v) is 4.53. The van der Waals surface area contributed by atoms with Gasteiger partial charge in [0.15, 0.2) is 4.96 Å². The second-order valence-corrected chi connectivity index (χ2v) is 5.87. The molecule has 2 heterocycles. The van der Waals surface area contributed by atoms with Crippen molar-refractivity contribution >= 4 is 16.3 Å². The number of fused-ring (bicyclic) bond motifs is 1. The molecule has 2 aromatic rings. The molecule has 3 rings (SSSR count). The van der Waals surface area contributed by atoms with Crippen molar-refractivity contribution in [3.63, 3.8) is 0 Å². The van der Waals surface area contributed by atoms with Crippen LogP contribution in [0.5, 0.6) is 5.88 Å². The molecule has 1 N–H and O–H groups in total. The Balaban J connectivity index is 1.87. The van der Waals surface area contributed by atoms with Crippen molar-refractivity contribution in [1.29, 1.82) is 0 Å². The Morgan fingerprint density at radius 1 is 1.50 bits per heavy atom. The van der Waals surface area contributed by atoms with Crippen molar-refractivity contribution in [1.82, 2.24) is 9.38 Å². The Kier molecular flexibility index (Phi) is 3.26. The average Bonchev–Trinajstić information content (AvgIpc) is 2.92. The molecule has 2 unspecified atom stereocenters. The van der Waals surface area contributed by atoms with Gasteiger partial charge in [-0.1, -0.05) is 13.3 Å². The van der Waals surface area contributed by atoms with Crippen LogP contribution in [-0.4, -0.2) is 20.6 Å². The number of aliphatic hydroxyl groups is 1. The maximum absolute atomic E-state index is 9.48. The number of imidazole rings is 1. The first-order valence-electron chi connectivity index (χ1n) is 6.51. The van der Waals surface area contributed by atoms with Crippen molar-refractivity contribution in [2.45, 2.75) is 45.3 Å². The molecule has 0 radical (unpaired) electrons. The molecule has 1 saturated carbocycles. The van der Waals surface area contributed by atoms with E-state index in [0.29, 0.717) is 11.8 Å². The molecule has 2 aromatic heterocycles. The standard InChI is InChI=1S/C13H18N2O2S/c1-9-4-2-3-5-11(9)17-12-10(8-16)15-6-7-18-13(15)14-12/h6-7,9,11,16H,2-5,8H2,1H3. The lowest BCUT2D eigenvalue weighted by molar-refractivity contribution is 0.0949. The molecule has 1 aliphatic rings. The number of aliphatic hydroxyl groups excluding tert-OH is 1. The number of aromatic nitrogens is 2. The van der Waals surface area contributed by atoms with Crippen LogP contribution in [0.25, 0.3) is 4.96 Å². The number of rotatable bonds is 3. The Labute approximate surface area is 110 Å². The lowest BCUT2D eigenvalue weighted by atomic mass is 9.88. The molecule has 1 aliphatic carbocycles. The van der Waals surface area contributed by atoms with E-state index >= 15 is 0 Å². The van der Waals surface area contributed by atoms with Gasteiger partial charge in [-0.2, -0.15) is 4.98 Å². The Hall–Kier alpha value is -1.07. The van der Waals surface area contributed by atoms with Gasteiger partial charge in [0.05, 0.1) is 6.61 Å². The maximum Gasteiger partial charge on any atom is 0.239 e. The van der Waals surface area contributed by atoms with Crippen molar-refractivity contribution in [3.8, 4) is 5.88 Å². The highest BCUT2D eigenvalue weighted by molar-refractivity contribution is 7.15. The van der Waals surface area contributed by atoms with Gasteiger partial charge in [-0.15, -0.1) is 11.3 Å². The Morgan fingerprint density at radius 2 is 2.33 bits per heavy atom. The van der Waals surface area contributed by atoms with Crippen LogP contribution in [-0.2, 0) is 6.61 Å². The summed E-state index contributed by atoms with van der Waals surface area (Å²) >= 11 is 1.56. The topological polar surface area (TPSA) is 46.8 Å². The molecule has 0 bridgehead atoms. The van der Waals surface area contributed by atoms with Crippen LogP contribution in [0.3, 0.4) is 0 Å². The first-order valence-corrected chi connectivity index (χ1v) is 7.39. The van der Waals surface area contributed by atoms with Crippen LogP contribution in [0.4, 0.5) is 0 Å². The summed E-state index contributed by atoms with van der Waals surface area (Å²) in [7, 11) is 0.